The summed E-state index contributed by atoms with van der Waals surface area (Å²) < 4.78 is 0. The maximum Gasteiger partial charge on any atom is 0.0700 e. The molecule has 0 rings (SSSR count). The van der Waals surface area contributed by atoms with E-state index < -0.39 is 0 Å². The monoisotopic (exact) mass is 148 g/mol. The molecule has 2 N–H and O–H groups in total. The van der Waals surface area contributed by atoms with Crippen LogP contribution in [0.3, 0.4) is 0 Å². The van der Waals surface area contributed by atoms with Gasteiger partial charge in [-0.3, -0.25) is 0 Å². The van der Waals surface area contributed by atoms with E-state index in [1.807, 2.05) is 20.8 Å². The summed E-state index contributed by atoms with van der Waals surface area (Å²) >= 11 is 0. The molecule has 0 bridgehead atoms. The molecule has 0 aromatic rings. The Hall–Kier alpha value is -0.260. The van der Waals surface area contributed by atoms with Crippen molar-refractivity contribution in [1.29, 1.82) is 5.26 Å². The number of hydrogen-bond acceptors (Lipinski definition) is 2. The Kier molecular flexibility index (Phi) is 4.75. The summed E-state index contributed by atoms with van der Waals surface area (Å²) in [6.07, 6.45) is 0. The third kappa shape index (κ3) is 3.34. The Morgan fingerprint density at radius 1 is 1.56 bits per heavy atom. The van der Waals surface area contributed by atoms with Crippen LogP contribution >= 0.6 is 12.4 Å². The smallest absolute Gasteiger partial charge is 0.0700 e. The van der Waals surface area contributed by atoms with E-state index >= 15 is 0 Å². The number of rotatable bonds is 1. The van der Waals surface area contributed by atoms with Gasteiger partial charge in [0.2, 0.25) is 0 Å². The lowest BCUT2D eigenvalue weighted by molar-refractivity contribution is 0.407. The van der Waals surface area contributed by atoms with Crippen LogP contribution in [-0.2, 0) is 0 Å². The average Bonchev–Trinajstić information content (AvgIpc) is 1.67. The highest BCUT2D eigenvalue weighted by atomic mass is 35.5. The first kappa shape index (κ1) is 11.5. The molecule has 9 heavy (non-hydrogen) atoms. The maximum absolute atomic E-state index is 8.43. The Balaban J connectivity index is 0. The van der Waals surface area contributed by atoms with Crippen LogP contribution in [0, 0.1) is 16.7 Å². The summed E-state index contributed by atoms with van der Waals surface area (Å²) in [6.45, 7) is 5.50. The quantitative estimate of drug-likeness (QED) is 0.610. The Morgan fingerprint density at radius 2 is 1.89 bits per heavy atom. The lowest BCUT2D eigenvalue weighted by Crippen LogP contribution is -2.32. The van der Waals surface area contributed by atoms with Crippen LogP contribution in [0.4, 0.5) is 0 Å². The zero-order valence-electron chi connectivity index (χ0n) is 6.01. The van der Waals surface area contributed by atoms with E-state index in [0.717, 1.165) is 0 Å². The summed E-state index contributed by atoms with van der Waals surface area (Å²) in [4.78, 5) is 0. The summed E-state index contributed by atoms with van der Waals surface area (Å²) in [6, 6.07) is 2.07. The minimum absolute atomic E-state index is 0. The van der Waals surface area contributed by atoms with Crippen molar-refractivity contribution in [1.82, 2.24) is 0 Å². The van der Waals surface area contributed by atoms with Crippen molar-refractivity contribution in [2.45, 2.75) is 26.8 Å². The molecule has 0 saturated heterocycles. The molecule has 0 saturated carbocycles. The summed E-state index contributed by atoms with van der Waals surface area (Å²) in [5, 5.41) is 8.43. The zero-order chi connectivity index (χ0) is 6.78. The largest absolute Gasteiger partial charge is 0.327 e. The first-order chi connectivity index (χ1) is 3.50. The van der Waals surface area contributed by atoms with E-state index in [9.17, 15) is 0 Å². The van der Waals surface area contributed by atoms with E-state index in [0.29, 0.717) is 0 Å². The summed E-state index contributed by atoms with van der Waals surface area (Å²) in [7, 11) is 0. The van der Waals surface area contributed by atoms with Crippen molar-refractivity contribution in [2.75, 3.05) is 0 Å². The number of nitrogens with zero attached hydrogens (tertiary/aromatic N) is 1. The Bertz CT molecular complexity index is 113. The molecule has 0 fully saturated rings. The minimum Gasteiger partial charge on any atom is -0.327 e. The third-order valence-electron chi connectivity index (χ3n) is 1.43. The van der Waals surface area contributed by atoms with Gasteiger partial charge in [0.1, 0.15) is 0 Å². The molecule has 0 amide bonds. The topological polar surface area (TPSA) is 49.8 Å². The summed E-state index contributed by atoms with van der Waals surface area (Å²) in [5.74, 6) is 0. The van der Waals surface area contributed by atoms with Crippen molar-refractivity contribution >= 4 is 12.4 Å². The highest BCUT2D eigenvalue weighted by molar-refractivity contribution is 5.85. The molecule has 1 unspecified atom stereocenters. The van der Waals surface area contributed by atoms with Crippen LogP contribution in [0.2, 0.25) is 0 Å². The number of halogens is 1. The lowest BCUT2D eigenvalue weighted by Gasteiger charge is -2.18. The van der Waals surface area contributed by atoms with Crippen molar-refractivity contribution < 1.29 is 0 Å². The molecule has 0 aromatic heterocycles. The standard InChI is InChI=1S/C6H12N2.ClH/c1-5(8)6(2,3)4-7;/h5H,8H2,1-3H3;1H. The lowest BCUT2D eigenvalue weighted by atomic mass is 9.88. The van der Waals surface area contributed by atoms with Crippen LogP contribution in [0.5, 0.6) is 0 Å². The number of nitrogens with two attached hydrogens (primary N) is 1. The number of nitriles is 1. The molecule has 2 nitrogen and oxygen atoms in total. The van der Waals surface area contributed by atoms with E-state index in [-0.39, 0.29) is 23.9 Å². The molecule has 0 aliphatic carbocycles. The molecule has 0 aromatic carbocycles. The van der Waals surface area contributed by atoms with Gasteiger partial charge in [0.15, 0.2) is 0 Å². The van der Waals surface area contributed by atoms with Gasteiger partial charge >= 0.3 is 0 Å². The van der Waals surface area contributed by atoms with Gasteiger partial charge in [-0.25, -0.2) is 0 Å². The van der Waals surface area contributed by atoms with Crippen molar-refractivity contribution in [3.63, 3.8) is 0 Å². The second-order valence-corrected chi connectivity index (χ2v) is 2.62. The highest BCUT2D eigenvalue weighted by Gasteiger charge is 2.21. The first-order valence-corrected chi connectivity index (χ1v) is 2.67. The molecule has 0 aliphatic rings. The van der Waals surface area contributed by atoms with Gasteiger partial charge in [0.25, 0.3) is 0 Å². The fourth-order valence-electron chi connectivity index (χ4n) is 0.102. The van der Waals surface area contributed by atoms with Crippen molar-refractivity contribution in [3.05, 3.63) is 0 Å². The molecule has 0 aliphatic heterocycles. The Labute approximate surface area is 62.4 Å². The van der Waals surface area contributed by atoms with E-state index in [1.54, 1.807) is 0 Å². The molecule has 54 valence electrons. The van der Waals surface area contributed by atoms with Crippen LogP contribution < -0.4 is 5.73 Å². The highest BCUT2D eigenvalue weighted by Crippen LogP contribution is 2.15. The molecular formula is C6H13ClN2. The van der Waals surface area contributed by atoms with E-state index in [1.165, 1.54) is 0 Å². The molecular weight excluding hydrogens is 136 g/mol. The normalized spacial score (nSPS) is 13.2. The second kappa shape index (κ2) is 3.71. The minimum atomic E-state index is -0.375. The third-order valence-corrected chi connectivity index (χ3v) is 1.43. The predicted octanol–water partition coefficient (Wildman–Crippen LogP) is 1.31. The molecule has 0 heterocycles. The molecule has 0 radical (unpaired) electrons. The van der Waals surface area contributed by atoms with Gasteiger partial charge in [-0.05, 0) is 20.8 Å². The van der Waals surface area contributed by atoms with Crippen LogP contribution in [0.25, 0.3) is 0 Å². The van der Waals surface area contributed by atoms with Gasteiger partial charge in [-0.15, -0.1) is 12.4 Å². The average molecular weight is 149 g/mol. The SMILES string of the molecule is CC(N)C(C)(C)C#N.Cl. The fraction of sp³-hybridized carbons (Fsp3) is 0.833. The number of hydrogen-bond donors (Lipinski definition) is 1. The van der Waals surface area contributed by atoms with Crippen LogP contribution in [-0.4, -0.2) is 6.04 Å². The van der Waals surface area contributed by atoms with Crippen LogP contribution in [0.1, 0.15) is 20.8 Å². The van der Waals surface area contributed by atoms with Crippen LogP contribution in [0.15, 0.2) is 0 Å². The second-order valence-electron chi connectivity index (χ2n) is 2.62. The van der Waals surface area contributed by atoms with Gasteiger partial charge in [-0.2, -0.15) is 5.26 Å². The zero-order valence-corrected chi connectivity index (χ0v) is 6.83. The van der Waals surface area contributed by atoms with Gasteiger partial charge in [-0.1, -0.05) is 0 Å². The predicted molar refractivity (Wildman–Crippen MR) is 40.3 cm³/mol. The maximum atomic E-state index is 8.43. The molecule has 0 spiro atoms. The molecule has 1 atom stereocenters. The van der Waals surface area contributed by atoms with Gasteiger partial charge in [0, 0.05) is 6.04 Å². The fourth-order valence-corrected chi connectivity index (χ4v) is 0.102. The van der Waals surface area contributed by atoms with E-state index in [2.05, 4.69) is 6.07 Å². The van der Waals surface area contributed by atoms with E-state index in [4.69, 9.17) is 11.0 Å². The first-order valence-electron chi connectivity index (χ1n) is 2.67. The summed E-state index contributed by atoms with van der Waals surface area (Å²) in [5.41, 5.74) is 5.08. The van der Waals surface area contributed by atoms with Gasteiger partial charge in [0.05, 0.1) is 11.5 Å². The van der Waals surface area contributed by atoms with Crippen molar-refractivity contribution in [2.24, 2.45) is 11.1 Å². The van der Waals surface area contributed by atoms with Gasteiger partial charge < -0.3 is 5.73 Å². The van der Waals surface area contributed by atoms with Crippen molar-refractivity contribution in [3.8, 4) is 6.07 Å². The Morgan fingerprint density at radius 3 is 1.89 bits per heavy atom. The molecule has 3 heteroatoms.